The van der Waals surface area contributed by atoms with Crippen LogP contribution in [0, 0.1) is 5.82 Å². The van der Waals surface area contributed by atoms with Crippen LogP contribution in [0.1, 0.15) is 18.5 Å². The summed E-state index contributed by atoms with van der Waals surface area (Å²) in [5.41, 5.74) is 6.44. The molecule has 0 fully saturated rings. The summed E-state index contributed by atoms with van der Waals surface area (Å²) in [6.45, 7) is 1.81. The Morgan fingerprint density at radius 2 is 1.83 bits per heavy atom. The van der Waals surface area contributed by atoms with E-state index in [0.29, 0.717) is 5.75 Å². The number of hydrogen-bond donors (Lipinski definition) is 1. The third-order valence-corrected chi connectivity index (χ3v) is 3.05. The van der Waals surface area contributed by atoms with Crippen LogP contribution in [-0.2, 0) is 0 Å². The maximum atomic E-state index is 13.8. The molecule has 2 aromatic rings. The monoisotopic (exact) mass is 309 g/mol. The van der Waals surface area contributed by atoms with Gasteiger partial charge in [0.15, 0.2) is 11.6 Å². The fourth-order valence-electron chi connectivity index (χ4n) is 1.51. The zero-order valence-corrected chi connectivity index (χ0v) is 11.4. The third kappa shape index (κ3) is 3.09. The fraction of sp³-hybridized carbons (Fsp3) is 0.143. The minimum absolute atomic E-state index is 0.193. The predicted octanol–water partition coefficient (Wildman–Crippen LogP) is 4.40. The molecule has 0 aromatic heterocycles. The summed E-state index contributed by atoms with van der Waals surface area (Å²) in [5, 5.41) is 0. The van der Waals surface area contributed by atoms with Crippen LogP contribution in [0.2, 0.25) is 0 Å². The summed E-state index contributed by atoms with van der Waals surface area (Å²) in [6, 6.07) is 11.8. The summed E-state index contributed by atoms with van der Waals surface area (Å²) >= 11 is 3.33. The largest absolute Gasteiger partial charge is 0.454 e. The molecule has 0 aliphatic carbocycles. The van der Waals surface area contributed by atoms with Crippen molar-refractivity contribution in [2.75, 3.05) is 0 Å². The molecule has 2 nitrogen and oxygen atoms in total. The summed E-state index contributed by atoms with van der Waals surface area (Å²) in [6.07, 6.45) is 0. The maximum absolute atomic E-state index is 13.8. The van der Waals surface area contributed by atoms with Crippen molar-refractivity contribution in [3.8, 4) is 11.5 Å². The van der Waals surface area contributed by atoms with E-state index < -0.39 is 5.82 Å². The molecule has 0 heterocycles. The molecule has 94 valence electrons. The third-order valence-electron chi connectivity index (χ3n) is 2.52. The molecule has 1 atom stereocenters. The van der Waals surface area contributed by atoms with Crippen LogP contribution in [0.5, 0.6) is 11.5 Å². The quantitative estimate of drug-likeness (QED) is 0.912. The molecule has 0 radical (unpaired) electrons. The second kappa shape index (κ2) is 5.50. The van der Waals surface area contributed by atoms with E-state index in [9.17, 15) is 4.39 Å². The molecule has 0 spiro atoms. The highest BCUT2D eigenvalue weighted by molar-refractivity contribution is 9.10. The van der Waals surface area contributed by atoms with Gasteiger partial charge in [0.25, 0.3) is 0 Å². The van der Waals surface area contributed by atoms with E-state index in [-0.39, 0.29) is 11.8 Å². The van der Waals surface area contributed by atoms with Crippen molar-refractivity contribution in [3.05, 3.63) is 58.3 Å². The van der Waals surface area contributed by atoms with Crippen LogP contribution in [-0.4, -0.2) is 0 Å². The fourth-order valence-corrected chi connectivity index (χ4v) is 1.78. The lowest BCUT2D eigenvalue weighted by Crippen LogP contribution is -2.05. The molecule has 4 heteroatoms. The van der Waals surface area contributed by atoms with E-state index in [4.69, 9.17) is 10.5 Å². The first kappa shape index (κ1) is 13.1. The lowest BCUT2D eigenvalue weighted by Gasteiger charge is -2.10. The van der Waals surface area contributed by atoms with Gasteiger partial charge in [-0.15, -0.1) is 0 Å². The summed E-state index contributed by atoms with van der Waals surface area (Å²) in [7, 11) is 0. The topological polar surface area (TPSA) is 35.2 Å². The van der Waals surface area contributed by atoms with Gasteiger partial charge in [-0.25, -0.2) is 4.39 Å². The van der Waals surface area contributed by atoms with Crippen LogP contribution in [0.4, 0.5) is 4.39 Å². The van der Waals surface area contributed by atoms with Gasteiger partial charge in [0.05, 0.1) is 0 Å². The number of benzene rings is 2. The van der Waals surface area contributed by atoms with Crippen molar-refractivity contribution in [1.29, 1.82) is 0 Å². The van der Waals surface area contributed by atoms with Crippen LogP contribution in [0.25, 0.3) is 0 Å². The van der Waals surface area contributed by atoms with Crippen molar-refractivity contribution in [3.63, 3.8) is 0 Å². The smallest absolute Gasteiger partial charge is 0.166 e. The van der Waals surface area contributed by atoms with Crippen LogP contribution >= 0.6 is 15.9 Å². The van der Waals surface area contributed by atoms with E-state index in [0.717, 1.165) is 10.0 Å². The Labute approximate surface area is 114 Å². The van der Waals surface area contributed by atoms with Gasteiger partial charge in [0.1, 0.15) is 5.75 Å². The second-order valence-corrected chi connectivity index (χ2v) is 4.95. The minimum atomic E-state index is -0.410. The van der Waals surface area contributed by atoms with Crippen molar-refractivity contribution < 1.29 is 9.13 Å². The van der Waals surface area contributed by atoms with Crippen LogP contribution < -0.4 is 10.5 Å². The number of ether oxygens (including phenoxy) is 1. The van der Waals surface area contributed by atoms with Gasteiger partial charge in [-0.05, 0) is 48.9 Å². The molecule has 0 saturated heterocycles. The van der Waals surface area contributed by atoms with E-state index in [1.165, 1.54) is 6.07 Å². The summed E-state index contributed by atoms with van der Waals surface area (Å²) in [4.78, 5) is 0. The first-order valence-electron chi connectivity index (χ1n) is 5.54. The minimum Gasteiger partial charge on any atom is -0.454 e. The maximum Gasteiger partial charge on any atom is 0.166 e. The number of halogens is 2. The van der Waals surface area contributed by atoms with Crippen molar-refractivity contribution in [2.45, 2.75) is 13.0 Å². The summed E-state index contributed by atoms with van der Waals surface area (Å²) < 4.78 is 20.2. The van der Waals surface area contributed by atoms with Gasteiger partial charge in [-0.2, -0.15) is 0 Å². The highest BCUT2D eigenvalue weighted by Gasteiger charge is 2.08. The zero-order chi connectivity index (χ0) is 13.1. The van der Waals surface area contributed by atoms with E-state index in [2.05, 4.69) is 15.9 Å². The van der Waals surface area contributed by atoms with Gasteiger partial charge < -0.3 is 10.5 Å². The van der Waals surface area contributed by atoms with Gasteiger partial charge in [-0.1, -0.05) is 22.0 Å². The molecule has 0 amide bonds. The average molecular weight is 310 g/mol. The average Bonchev–Trinajstić information content (AvgIpc) is 2.34. The van der Waals surface area contributed by atoms with Crippen molar-refractivity contribution >= 4 is 15.9 Å². The predicted molar refractivity (Wildman–Crippen MR) is 73.2 cm³/mol. The Morgan fingerprint density at radius 3 is 2.39 bits per heavy atom. The van der Waals surface area contributed by atoms with Crippen molar-refractivity contribution in [1.82, 2.24) is 0 Å². The molecule has 0 unspecified atom stereocenters. The molecule has 0 aliphatic rings. The van der Waals surface area contributed by atoms with Gasteiger partial charge in [-0.3, -0.25) is 0 Å². The lowest BCUT2D eigenvalue weighted by molar-refractivity contribution is 0.441. The van der Waals surface area contributed by atoms with E-state index >= 15 is 0 Å². The molecule has 0 bridgehead atoms. The highest BCUT2D eigenvalue weighted by atomic mass is 79.9. The van der Waals surface area contributed by atoms with Crippen LogP contribution in [0.3, 0.4) is 0 Å². The molecule has 2 N–H and O–H groups in total. The Kier molecular flexibility index (Phi) is 3.99. The van der Waals surface area contributed by atoms with Gasteiger partial charge in [0.2, 0.25) is 0 Å². The van der Waals surface area contributed by atoms with Crippen LogP contribution in [0.15, 0.2) is 46.9 Å². The van der Waals surface area contributed by atoms with E-state index in [1.807, 2.05) is 19.1 Å². The van der Waals surface area contributed by atoms with E-state index in [1.54, 1.807) is 24.3 Å². The Bertz CT molecular complexity index is 540. The molecule has 0 aliphatic heterocycles. The van der Waals surface area contributed by atoms with Crippen molar-refractivity contribution in [2.24, 2.45) is 5.73 Å². The molecule has 0 saturated carbocycles. The number of nitrogens with two attached hydrogens (primary N) is 1. The molecule has 2 rings (SSSR count). The molecule has 2 aromatic carbocycles. The second-order valence-electron chi connectivity index (χ2n) is 4.03. The highest BCUT2D eigenvalue weighted by Crippen LogP contribution is 2.27. The molecular formula is C14H13BrFNO. The molecular weight excluding hydrogens is 297 g/mol. The normalized spacial score (nSPS) is 12.2. The Balaban J connectivity index is 2.22. The first-order valence-corrected chi connectivity index (χ1v) is 6.34. The van der Waals surface area contributed by atoms with Gasteiger partial charge >= 0.3 is 0 Å². The number of rotatable bonds is 3. The lowest BCUT2D eigenvalue weighted by atomic mass is 10.1. The number of hydrogen-bond acceptors (Lipinski definition) is 2. The Morgan fingerprint density at radius 1 is 1.17 bits per heavy atom. The van der Waals surface area contributed by atoms with Gasteiger partial charge in [0, 0.05) is 10.5 Å². The first-order chi connectivity index (χ1) is 8.56. The summed E-state index contributed by atoms with van der Waals surface area (Å²) in [5.74, 6) is 0.375. The zero-order valence-electron chi connectivity index (χ0n) is 9.86. The molecule has 18 heavy (non-hydrogen) atoms. The SMILES string of the molecule is C[C@@H](N)c1ccc(Oc2ccc(Br)cc2)c(F)c1. The standard InChI is InChI=1S/C14H13BrFNO/c1-9(17)10-2-7-14(13(16)8-10)18-12-5-3-11(15)4-6-12/h2-9H,17H2,1H3/t9-/m1/s1. The Hall–Kier alpha value is -1.39.